The van der Waals surface area contributed by atoms with Crippen molar-refractivity contribution >= 4 is 23.2 Å². The highest BCUT2D eigenvalue weighted by molar-refractivity contribution is 6.30. The molecule has 0 heterocycles. The molecule has 86 valence electrons. The van der Waals surface area contributed by atoms with Crippen molar-refractivity contribution in [3.63, 3.8) is 0 Å². The lowest BCUT2D eigenvalue weighted by molar-refractivity contribution is -0.115. The highest BCUT2D eigenvalue weighted by Crippen LogP contribution is 2.14. The fourth-order valence-electron chi connectivity index (χ4n) is 1.11. The number of benzene rings is 1. The van der Waals surface area contributed by atoms with Crippen LogP contribution in [0.2, 0.25) is 5.02 Å². The van der Waals surface area contributed by atoms with Crippen molar-refractivity contribution in [1.29, 1.82) is 0 Å². The molecule has 0 bridgehead atoms. The normalized spacial score (nSPS) is 11.9. The lowest BCUT2D eigenvalue weighted by Crippen LogP contribution is -2.33. The Morgan fingerprint density at radius 2 is 2.38 bits per heavy atom. The summed E-state index contributed by atoms with van der Waals surface area (Å²) in [5.41, 5.74) is 0.700. The number of halogens is 1. The Bertz CT molecular complexity index is 379. The van der Waals surface area contributed by atoms with E-state index in [4.69, 9.17) is 11.6 Å². The zero-order valence-electron chi connectivity index (χ0n) is 9.16. The van der Waals surface area contributed by atoms with Crippen molar-refractivity contribution in [3.05, 3.63) is 41.9 Å². The molecule has 0 saturated carbocycles. The van der Waals surface area contributed by atoms with Gasteiger partial charge < -0.3 is 10.6 Å². The van der Waals surface area contributed by atoms with Crippen LogP contribution in [0.5, 0.6) is 0 Å². The van der Waals surface area contributed by atoms with Crippen LogP contribution >= 0.6 is 11.6 Å². The van der Waals surface area contributed by atoms with Crippen LogP contribution in [0.3, 0.4) is 0 Å². The molecule has 0 aliphatic carbocycles. The molecule has 0 radical (unpaired) electrons. The minimum absolute atomic E-state index is 0.101. The fraction of sp³-hybridized carbons (Fsp3) is 0.250. The van der Waals surface area contributed by atoms with Crippen LogP contribution in [0.25, 0.3) is 0 Å². The van der Waals surface area contributed by atoms with E-state index in [0.29, 0.717) is 10.7 Å². The van der Waals surface area contributed by atoms with Gasteiger partial charge in [0.1, 0.15) is 0 Å². The molecular weight excluding hydrogens is 224 g/mol. The molecule has 4 heteroatoms. The molecule has 3 nitrogen and oxygen atoms in total. The van der Waals surface area contributed by atoms with Crippen LogP contribution in [-0.2, 0) is 4.79 Å². The Hall–Kier alpha value is -1.32. The van der Waals surface area contributed by atoms with E-state index in [-0.39, 0.29) is 18.5 Å². The highest BCUT2D eigenvalue weighted by atomic mass is 35.5. The van der Waals surface area contributed by atoms with Gasteiger partial charge >= 0.3 is 0 Å². The first-order chi connectivity index (χ1) is 7.61. The Kier molecular flexibility index (Phi) is 5.02. The second kappa shape index (κ2) is 6.30. The lowest BCUT2D eigenvalue weighted by Gasteiger charge is -2.09. The Labute approximate surface area is 100 Å². The Balaban J connectivity index is 2.42. The molecule has 0 aliphatic heterocycles. The molecule has 1 unspecified atom stereocenters. The smallest absolute Gasteiger partial charge is 0.238 e. The first kappa shape index (κ1) is 12.7. The van der Waals surface area contributed by atoms with Crippen LogP contribution in [0, 0.1) is 0 Å². The van der Waals surface area contributed by atoms with Gasteiger partial charge in [-0.1, -0.05) is 23.7 Å². The zero-order chi connectivity index (χ0) is 12.0. The summed E-state index contributed by atoms with van der Waals surface area (Å²) in [6.07, 6.45) is 1.74. The van der Waals surface area contributed by atoms with E-state index in [1.165, 1.54) is 0 Å². The number of hydrogen-bond donors (Lipinski definition) is 2. The van der Waals surface area contributed by atoms with Crippen LogP contribution < -0.4 is 10.6 Å². The third kappa shape index (κ3) is 4.47. The minimum Gasteiger partial charge on any atom is -0.325 e. The third-order valence-corrected chi connectivity index (χ3v) is 2.28. The van der Waals surface area contributed by atoms with E-state index >= 15 is 0 Å². The van der Waals surface area contributed by atoms with Gasteiger partial charge in [0.25, 0.3) is 0 Å². The standard InChI is InChI=1S/C12H15ClN2O/c1-3-9(2)14-8-12(16)15-11-6-4-5-10(13)7-11/h3-7,9,14H,1,8H2,2H3,(H,15,16). The topological polar surface area (TPSA) is 41.1 Å². The fourth-order valence-corrected chi connectivity index (χ4v) is 1.30. The predicted molar refractivity (Wildman–Crippen MR) is 67.7 cm³/mol. The molecule has 16 heavy (non-hydrogen) atoms. The van der Waals surface area contributed by atoms with Gasteiger partial charge in [0.2, 0.25) is 5.91 Å². The maximum atomic E-state index is 11.5. The van der Waals surface area contributed by atoms with Crippen molar-refractivity contribution in [3.8, 4) is 0 Å². The Morgan fingerprint density at radius 3 is 3.00 bits per heavy atom. The second-order valence-electron chi connectivity index (χ2n) is 3.46. The van der Waals surface area contributed by atoms with Gasteiger partial charge in [-0.25, -0.2) is 0 Å². The van der Waals surface area contributed by atoms with Gasteiger partial charge in [-0.05, 0) is 25.1 Å². The van der Waals surface area contributed by atoms with E-state index < -0.39 is 0 Å². The van der Waals surface area contributed by atoms with E-state index in [1.807, 2.05) is 6.92 Å². The average molecular weight is 239 g/mol. The number of carbonyl (C=O) groups is 1. The van der Waals surface area contributed by atoms with Crippen LogP contribution in [0.4, 0.5) is 5.69 Å². The number of rotatable bonds is 5. The first-order valence-corrected chi connectivity index (χ1v) is 5.41. The number of amides is 1. The summed E-state index contributed by atoms with van der Waals surface area (Å²) in [5, 5.41) is 6.35. The van der Waals surface area contributed by atoms with Crippen molar-refractivity contribution in [2.75, 3.05) is 11.9 Å². The number of anilines is 1. The molecule has 0 spiro atoms. The van der Waals surface area contributed by atoms with Gasteiger partial charge in [-0.3, -0.25) is 4.79 Å². The lowest BCUT2D eigenvalue weighted by atomic mass is 10.3. The van der Waals surface area contributed by atoms with Gasteiger partial charge in [0.05, 0.1) is 6.54 Å². The monoisotopic (exact) mass is 238 g/mol. The number of nitrogens with one attached hydrogen (secondary N) is 2. The summed E-state index contributed by atoms with van der Waals surface area (Å²) >= 11 is 5.80. The highest BCUT2D eigenvalue weighted by Gasteiger charge is 2.03. The predicted octanol–water partition coefficient (Wildman–Crippen LogP) is 2.44. The number of hydrogen-bond acceptors (Lipinski definition) is 2. The van der Waals surface area contributed by atoms with Gasteiger partial charge in [-0.15, -0.1) is 6.58 Å². The average Bonchev–Trinajstić information content (AvgIpc) is 2.26. The Morgan fingerprint density at radius 1 is 1.62 bits per heavy atom. The van der Waals surface area contributed by atoms with Crippen molar-refractivity contribution in [2.24, 2.45) is 0 Å². The maximum absolute atomic E-state index is 11.5. The molecule has 0 fully saturated rings. The summed E-state index contributed by atoms with van der Waals surface area (Å²) in [6, 6.07) is 7.16. The quantitative estimate of drug-likeness (QED) is 0.774. The second-order valence-corrected chi connectivity index (χ2v) is 3.90. The van der Waals surface area contributed by atoms with E-state index in [1.54, 1.807) is 30.3 Å². The van der Waals surface area contributed by atoms with Crippen LogP contribution in [-0.4, -0.2) is 18.5 Å². The molecule has 1 atom stereocenters. The zero-order valence-corrected chi connectivity index (χ0v) is 9.92. The third-order valence-electron chi connectivity index (χ3n) is 2.05. The van der Waals surface area contributed by atoms with Gasteiger partial charge in [0, 0.05) is 16.8 Å². The molecule has 1 amide bonds. The minimum atomic E-state index is -0.101. The van der Waals surface area contributed by atoms with Crippen molar-refractivity contribution < 1.29 is 4.79 Å². The van der Waals surface area contributed by atoms with Crippen molar-refractivity contribution in [2.45, 2.75) is 13.0 Å². The molecule has 0 saturated heterocycles. The summed E-state index contributed by atoms with van der Waals surface area (Å²) in [7, 11) is 0. The first-order valence-electron chi connectivity index (χ1n) is 5.03. The van der Waals surface area contributed by atoms with Crippen LogP contribution in [0.1, 0.15) is 6.92 Å². The maximum Gasteiger partial charge on any atom is 0.238 e. The van der Waals surface area contributed by atoms with E-state index in [9.17, 15) is 4.79 Å². The summed E-state index contributed by atoms with van der Waals surface area (Å²) < 4.78 is 0. The molecule has 1 aromatic rings. The molecule has 2 N–H and O–H groups in total. The summed E-state index contributed by atoms with van der Waals surface area (Å²) in [4.78, 5) is 11.5. The molecular formula is C12H15ClN2O. The molecule has 0 aromatic heterocycles. The van der Waals surface area contributed by atoms with Crippen molar-refractivity contribution in [1.82, 2.24) is 5.32 Å². The summed E-state index contributed by atoms with van der Waals surface area (Å²) in [6.45, 7) is 5.80. The van der Waals surface area contributed by atoms with E-state index in [0.717, 1.165) is 0 Å². The largest absolute Gasteiger partial charge is 0.325 e. The molecule has 1 aromatic carbocycles. The molecule has 1 rings (SSSR count). The SMILES string of the molecule is C=CC(C)NCC(=O)Nc1cccc(Cl)c1. The van der Waals surface area contributed by atoms with E-state index in [2.05, 4.69) is 17.2 Å². The summed E-state index contributed by atoms with van der Waals surface area (Å²) in [5.74, 6) is -0.101. The van der Waals surface area contributed by atoms with Crippen LogP contribution in [0.15, 0.2) is 36.9 Å². The number of carbonyl (C=O) groups excluding carboxylic acids is 1. The van der Waals surface area contributed by atoms with Gasteiger partial charge in [-0.2, -0.15) is 0 Å². The molecule has 0 aliphatic rings. The van der Waals surface area contributed by atoms with Gasteiger partial charge in [0.15, 0.2) is 0 Å².